The monoisotopic (exact) mass is 423 g/mol. The van der Waals surface area contributed by atoms with Gasteiger partial charge in [0, 0.05) is 10.7 Å². The number of rotatable bonds is 9. The van der Waals surface area contributed by atoms with Crippen molar-refractivity contribution < 1.29 is 14.3 Å². The normalized spacial score (nSPS) is 10.5. The zero-order chi connectivity index (χ0) is 21.3. The summed E-state index contributed by atoms with van der Waals surface area (Å²) in [6, 6.07) is 21.1. The SMILES string of the molecule is CCc1ccc(Cl)c(CC)c1NC(=O)COc1ccc(OCc2ccccc2)cc1. The van der Waals surface area contributed by atoms with Crippen molar-refractivity contribution in [1.82, 2.24) is 0 Å². The standard InChI is InChI=1S/C25H26ClNO3/c1-3-19-10-15-23(26)22(4-2)25(19)27-24(28)17-30-21-13-11-20(12-14-21)29-16-18-8-6-5-7-9-18/h5-15H,3-4,16-17H2,1-2H3,(H,27,28). The van der Waals surface area contributed by atoms with Crippen molar-refractivity contribution in [2.75, 3.05) is 11.9 Å². The van der Waals surface area contributed by atoms with Crippen molar-refractivity contribution >= 4 is 23.2 Å². The number of hydrogen-bond acceptors (Lipinski definition) is 3. The van der Waals surface area contributed by atoms with E-state index >= 15 is 0 Å². The number of carbonyl (C=O) groups is 1. The van der Waals surface area contributed by atoms with E-state index in [1.165, 1.54) is 0 Å². The highest BCUT2D eigenvalue weighted by molar-refractivity contribution is 6.32. The highest BCUT2D eigenvalue weighted by Crippen LogP contribution is 2.29. The Morgan fingerprint density at radius 1 is 0.867 bits per heavy atom. The van der Waals surface area contributed by atoms with Gasteiger partial charge < -0.3 is 14.8 Å². The molecule has 0 saturated heterocycles. The molecule has 0 aliphatic carbocycles. The number of amides is 1. The fourth-order valence-electron chi connectivity index (χ4n) is 3.16. The fraction of sp³-hybridized carbons (Fsp3) is 0.240. The molecule has 1 N–H and O–H groups in total. The van der Waals surface area contributed by atoms with Gasteiger partial charge in [-0.05, 0) is 59.9 Å². The molecule has 0 unspecified atom stereocenters. The lowest BCUT2D eigenvalue weighted by Gasteiger charge is -2.16. The van der Waals surface area contributed by atoms with Crippen molar-refractivity contribution in [2.24, 2.45) is 0 Å². The summed E-state index contributed by atoms with van der Waals surface area (Å²) in [6.45, 7) is 4.50. The third-order valence-electron chi connectivity index (χ3n) is 4.78. The second-order valence-electron chi connectivity index (χ2n) is 6.85. The summed E-state index contributed by atoms with van der Waals surface area (Å²) < 4.78 is 11.4. The van der Waals surface area contributed by atoms with Crippen LogP contribution in [0.2, 0.25) is 5.02 Å². The summed E-state index contributed by atoms with van der Waals surface area (Å²) in [6.07, 6.45) is 1.55. The number of nitrogens with one attached hydrogen (secondary N) is 1. The average molecular weight is 424 g/mol. The van der Waals surface area contributed by atoms with Gasteiger partial charge >= 0.3 is 0 Å². The van der Waals surface area contributed by atoms with Crippen LogP contribution in [-0.4, -0.2) is 12.5 Å². The molecule has 0 aliphatic rings. The van der Waals surface area contributed by atoms with Crippen molar-refractivity contribution in [2.45, 2.75) is 33.3 Å². The maximum absolute atomic E-state index is 12.5. The van der Waals surface area contributed by atoms with E-state index in [9.17, 15) is 4.79 Å². The summed E-state index contributed by atoms with van der Waals surface area (Å²) >= 11 is 6.30. The first kappa shape index (κ1) is 21.7. The predicted molar refractivity (Wildman–Crippen MR) is 122 cm³/mol. The molecule has 0 bridgehead atoms. The Morgan fingerprint density at radius 3 is 2.17 bits per heavy atom. The van der Waals surface area contributed by atoms with E-state index in [0.717, 1.165) is 41.0 Å². The summed E-state index contributed by atoms with van der Waals surface area (Å²) in [5, 5.41) is 3.63. The van der Waals surface area contributed by atoms with Gasteiger partial charge in [-0.3, -0.25) is 4.79 Å². The molecule has 30 heavy (non-hydrogen) atoms. The molecule has 0 aliphatic heterocycles. The van der Waals surface area contributed by atoms with E-state index in [4.69, 9.17) is 21.1 Å². The summed E-state index contributed by atoms with van der Waals surface area (Å²) in [5.41, 5.74) is 3.91. The summed E-state index contributed by atoms with van der Waals surface area (Å²) in [7, 11) is 0. The molecule has 0 atom stereocenters. The van der Waals surface area contributed by atoms with Crippen LogP contribution in [0.3, 0.4) is 0 Å². The van der Waals surface area contributed by atoms with Crippen LogP contribution < -0.4 is 14.8 Å². The molecule has 3 aromatic carbocycles. The Hall–Kier alpha value is -2.98. The lowest BCUT2D eigenvalue weighted by Crippen LogP contribution is -2.22. The highest BCUT2D eigenvalue weighted by atomic mass is 35.5. The Kier molecular flexibility index (Phi) is 7.75. The maximum Gasteiger partial charge on any atom is 0.262 e. The zero-order valence-corrected chi connectivity index (χ0v) is 18.0. The second-order valence-corrected chi connectivity index (χ2v) is 7.26. The summed E-state index contributed by atoms with van der Waals surface area (Å²) in [4.78, 5) is 12.5. The van der Waals surface area contributed by atoms with Crippen molar-refractivity contribution in [3.8, 4) is 11.5 Å². The first-order valence-electron chi connectivity index (χ1n) is 10.1. The molecule has 0 heterocycles. The van der Waals surface area contributed by atoms with Gasteiger partial charge in [-0.1, -0.05) is 61.8 Å². The fourth-order valence-corrected chi connectivity index (χ4v) is 3.46. The smallest absolute Gasteiger partial charge is 0.262 e. The first-order chi connectivity index (χ1) is 14.6. The molecule has 0 radical (unpaired) electrons. The van der Waals surface area contributed by atoms with Crippen molar-refractivity contribution in [3.05, 3.63) is 88.4 Å². The van der Waals surface area contributed by atoms with Crippen LogP contribution in [0.5, 0.6) is 11.5 Å². The molecule has 1 amide bonds. The third kappa shape index (κ3) is 5.77. The Bertz CT molecular complexity index is 972. The predicted octanol–water partition coefficient (Wildman–Crippen LogP) is 6.06. The first-order valence-corrected chi connectivity index (χ1v) is 10.5. The molecule has 3 rings (SSSR count). The number of anilines is 1. The van der Waals surface area contributed by atoms with Gasteiger partial charge in [-0.2, -0.15) is 0 Å². The minimum atomic E-state index is -0.217. The number of benzene rings is 3. The van der Waals surface area contributed by atoms with Crippen molar-refractivity contribution in [1.29, 1.82) is 0 Å². The molecule has 4 nitrogen and oxygen atoms in total. The number of carbonyl (C=O) groups excluding carboxylic acids is 1. The minimum absolute atomic E-state index is 0.0803. The van der Waals surface area contributed by atoms with E-state index < -0.39 is 0 Å². The van der Waals surface area contributed by atoms with Crippen LogP contribution in [0.4, 0.5) is 5.69 Å². The lowest BCUT2D eigenvalue weighted by molar-refractivity contribution is -0.118. The highest BCUT2D eigenvalue weighted by Gasteiger charge is 2.13. The van der Waals surface area contributed by atoms with Gasteiger partial charge in [0.25, 0.3) is 5.91 Å². The van der Waals surface area contributed by atoms with Crippen LogP contribution in [-0.2, 0) is 24.2 Å². The van der Waals surface area contributed by atoms with Crippen LogP contribution in [0.25, 0.3) is 0 Å². The van der Waals surface area contributed by atoms with E-state index in [2.05, 4.69) is 12.2 Å². The Labute approximate surface area is 182 Å². The number of halogens is 1. The number of hydrogen-bond donors (Lipinski definition) is 1. The largest absolute Gasteiger partial charge is 0.489 e. The minimum Gasteiger partial charge on any atom is -0.489 e. The molecule has 0 aromatic heterocycles. The quantitative estimate of drug-likeness (QED) is 0.455. The van der Waals surface area contributed by atoms with Crippen LogP contribution in [0.15, 0.2) is 66.7 Å². The average Bonchev–Trinajstić information content (AvgIpc) is 2.78. The summed E-state index contributed by atoms with van der Waals surface area (Å²) in [5.74, 6) is 1.13. The van der Waals surface area contributed by atoms with Gasteiger partial charge in [0.05, 0.1) is 0 Å². The maximum atomic E-state index is 12.5. The number of ether oxygens (including phenoxy) is 2. The van der Waals surface area contributed by atoms with E-state index in [1.807, 2.05) is 61.5 Å². The molecule has 0 spiro atoms. The van der Waals surface area contributed by atoms with Crippen LogP contribution in [0.1, 0.15) is 30.5 Å². The molecule has 0 fully saturated rings. The van der Waals surface area contributed by atoms with E-state index in [-0.39, 0.29) is 12.5 Å². The molecule has 0 saturated carbocycles. The molecular weight excluding hydrogens is 398 g/mol. The second kappa shape index (κ2) is 10.7. The molecule has 3 aromatic rings. The lowest BCUT2D eigenvalue weighted by atomic mass is 10.0. The Morgan fingerprint density at radius 2 is 1.53 bits per heavy atom. The van der Waals surface area contributed by atoms with Crippen molar-refractivity contribution in [3.63, 3.8) is 0 Å². The molecular formula is C25H26ClNO3. The topological polar surface area (TPSA) is 47.6 Å². The number of aryl methyl sites for hydroxylation is 1. The van der Waals surface area contributed by atoms with Crippen LogP contribution in [0, 0.1) is 0 Å². The third-order valence-corrected chi connectivity index (χ3v) is 5.14. The van der Waals surface area contributed by atoms with Gasteiger partial charge in [-0.15, -0.1) is 0 Å². The van der Waals surface area contributed by atoms with Gasteiger partial charge in [0.1, 0.15) is 18.1 Å². The van der Waals surface area contributed by atoms with Gasteiger partial charge in [-0.25, -0.2) is 0 Å². The van der Waals surface area contributed by atoms with Crippen LogP contribution >= 0.6 is 11.6 Å². The van der Waals surface area contributed by atoms with E-state index in [1.54, 1.807) is 12.1 Å². The molecule has 5 heteroatoms. The Balaban J connectivity index is 1.54. The zero-order valence-electron chi connectivity index (χ0n) is 17.3. The molecule has 156 valence electrons. The van der Waals surface area contributed by atoms with E-state index in [0.29, 0.717) is 17.4 Å². The van der Waals surface area contributed by atoms with Gasteiger partial charge in [0.2, 0.25) is 0 Å². The van der Waals surface area contributed by atoms with Gasteiger partial charge in [0.15, 0.2) is 6.61 Å².